The van der Waals surface area contributed by atoms with E-state index in [0.717, 1.165) is 25.0 Å². The van der Waals surface area contributed by atoms with E-state index in [0.29, 0.717) is 18.9 Å². The third-order valence-electron chi connectivity index (χ3n) is 4.31. The van der Waals surface area contributed by atoms with Crippen molar-refractivity contribution in [2.24, 2.45) is 11.7 Å². The van der Waals surface area contributed by atoms with Crippen molar-refractivity contribution in [3.05, 3.63) is 29.8 Å². The molecule has 0 aromatic heterocycles. The minimum atomic E-state index is 0. The molecule has 0 radical (unpaired) electrons. The van der Waals surface area contributed by atoms with Crippen molar-refractivity contribution in [3.8, 4) is 5.75 Å². The number of ether oxygens (including phenoxy) is 1. The summed E-state index contributed by atoms with van der Waals surface area (Å²) < 4.78 is 5.12. The van der Waals surface area contributed by atoms with E-state index in [9.17, 15) is 4.79 Å². The second-order valence-corrected chi connectivity index (χ2v) is 5.86. The summed E-state index contributed by atoms with van der Waals surface area (Å²) >= 11 is 0. The first-order valence-electron chi connectivity index (χ1n) is 7.84. The molecule has 0 bridgehead atoms. The summed E-state index contributed by atoms with van der Waals surface area (Å²) in [5, 5.41) is 3.00. The molecule has 1 saturated carbocycles. The van der Waals surface area contributed by atoms with E-state index >= 15 is 0 Å². The molecule has 124 valence electrons. The van der Waals surface area contributed by atoms with Crippen LogP contribution in [0.25, 0.3) is 0 Å². The number of benzene rings is 1. The second-order valence-electron chi connectivity index (χ2n) is 5.86. The second kappa shape index (κ2) is 9.70. The molecule has 4 nitrogen and oxygen atoms in total. The first-order chi connectivity index (χ1) is 10.2. The molecule has 1 aliphatic carbocycles. The number of nitrogens with two attached hydrogens (primary N) is 1. The van der Waals surface area contributed by atoms with Crippen molar-refractivity contribution in [2.45, 2.75) is 44.6 Å². The van der Waals surface area contributed by atoms with Crippen LogP contribution in [-0.2, 0) is 11.2 Å². The Kier molecular flexibility index (Phi) is 8.28. The molecule has 1 fully saturated rings. The van der Waals surface area contributed by atoms with Crippen LogP contribution in [0.4, 0.5) is 0 Å². The maximum atomic E-state index is 12.0. The van der Waals surface area contributed by atoms with Crippen LogP contribution >= 0.6 is 12.4 Å². The first kappa shape index (κ1) is 18.8. The van der Waals surface area contributed by atoms with Crippen molar-refractivity contribution in [2.75, 3.05) is 13.7 Å². The fourth-order valence-electron chi connectivity index (χ4n) is 2.94. The Balaban J connectivity index is 0.00000242. The number of carbonyl (C=O) groups excluding carboxylic acids is 1. The van der Waals surface area contributed by atoms with E-state index in [2.05, 4.69) is 5.32 Å². The summed E-state index contributed by atoms with van der Waals surface area (Å²) in [5.41, 5.74) is 7.28. The predicted octanol–water partition coefficient (Wildman–Crippen LogP) is 2.68. The van der Waals surface area contributed by atoms with Crippen molar-refractivity contribution >= 4 is 18.3 Å². The maximum absolute atomic E-state index is 12.0. The molecule has 1 aliphatic rings. The third kappa shape index (κ3) is 5.85. The molecule has 5 heteroatoms. The number of nitrogens with one attached hydrogen (secondary N) is 1. The Labute approximate surface area is 139 Å². The molecule has 0 heterocycles. The normalized spacial score (nSPS) is 20.8. The van der Waals surface area contributed by atoms with Crippen LogP contribution in [0, 0.1) is 5.92 Å². The molecule has 2 atom stereocenters. The zero-order chi connectivity index (χ0) is 15.1. The van der Waals surface area contributed by atoms with Gasteiger partial charge in [0.15, 0.2) is 0 Å². The van der Waals surface area contributed by atoms with Gasteiger partial charge in [-0.3, -0.25) is 4.79 Å². The standard InChI is InChI=1S/C17H26N2O2.ClH/c1-21-15-8-6-13(7-9-15)10-11-19-17(20)12-14-4-2-3-5-16(14)18;/h6-9,14,16H,2-5,10-12,18H2,1H3,(H,19,20);1H. The third-order valence-corrected chi connectivity index (χ3v) is 4.31. The predicted molar refractivity (Wildman–Crippen MR) is 91.5 cm³/mol. The lowest BCUT2D eigenvalue weighted by molar-refractivity contribution is -0.122. The van der Waals surface area contributed by atoms with Gasteiger partial charge in [-0.25, -0.2) is 0 Å². The highest BCUT2D eigenvalue weighted by Crippen LogP contribution is 2.25. The Morgan fingerprint density at radius 2 is 1.95 bits per heavy atom. The fourth-order valence-corrected chi connectivity index (χ4v) is 2.94. The van der Waals surface area contributed by atoms with Gasteiger partial charge in [0.25, 0.3) is 0 Å². The van der Waals surface area contributed by atoms with Crippen molar-refractivity contribution < 1.29 is 9.53 Å². The molecule has 2 unspecified atom stereocenters. The molecule has 2 rings (SSSR count). The van der Waals surface area contributed by atoms with Crippen LogP contribution in [0.3, 0.4) is 0 Å². The molecule has 1 aromatic carbocycles. The molecular weight excluding hydrogens is 300 g/mol. The van der Waals surface area contributed by atoms with Gasteiger partial charge in [0.05, 0.1) is 7.11 Å². The lowest BCUT2D eigenvalue weighted by Crippen LogP contribution is -2.37. The van der Waals surface area contributed by atoms with Crippen molar-refractivity contribution in [3.63, 3.8) is 0 Å². The number of carbonyl (C=O) groups is 1. The number of amides is 1. The quantitative estimate of drug-likeness (QED) is 0.844. The summed E-state index contributed by atoms with van der Waals surface area (Å²) in [5.74, 6) is 1.35. The Morgan fingerprint density at radius 3 is 2.59 bits per heavy atom. The molecule has 22 heavy (non-hydrogen) atoms. The van der Waals surface area contributed by atoms with Gasteiger partial charge in [-0.15, -0.1) is 12.4 Å². The van der Waals surface area contributed by atoms with E-state index in [1.54, 1.807) is 7.11 Å². The Hall–Kier alpha value is -1.26. The minimum absolute atomic E-state index is 0. The number of halogens is 1. The molecule has 1 aromatic rings. The molecule has 1 amide bonds. The first-order valence-corrected chi connectivity index (χ1v) is 7.84. The molecule has 3 N–H and O–H groups in total. The lowest BCUT2D eigenvalue weighted by atomic mass is 9.83. The summed E-state index contributed by atoms with van der Waals surface area (Å²) in [7, 11) is 1.66. The number of hydrogen-bond acceptors (Lipinski definition) is 3. The van der Waals surface area contributed by atoms with Crippen LogP contribution in [0.5, 0.6) is 5.75 Å². The summed E-state index contributed by atoms with van der Waals surface area (Å²) in [6.45, 7) is 0.674. The van der Waals surface area contributed by atoms with Gasteiger partial charge in [-0.1, -0.05) is 25.0 Å². The monoisotopic (exact) mass is 326 g/mol. The average Bonchev–Trinajstić information content (AvgIpc) is 2.50. The zero-order valence-electron chi connectivity index (χ0n) is 13.2. The van der Waals surface area contributed by atoms with Crippen LogP contribution in [-0.4, -0.2) is 25.6 Å². The van der Waals surface area contributed by atoms with E-state index in [-0.39, 0.29) is 24.4 Å². The highest BCUT2D eigenvalue weighted by atomic mass is 35.5. The highest BCUT2D eigenvalue weighted by molar-refractivity contribution is 5.85. The average molecular weight is 327 g/mol. The topological polar surface area (TPSA) is 64.3 Å². The summed E-state index contributed by atoms with van der Waals surface area (Å²) in [6.07, 6.45) is 5.97. The number of hydrogen-bond donors (Lipinski definition) is 2. The van der Waals surface area contributed by atoms with E-state index in [4.69, 9.17) is 10.5 Å². The molecule has 0 spiro atoms. The van der Waals surface area contributed by atoms with Gasteiger partial charge in [-0.05, 0) is 42.9 Å². The molecule has 0 aliphatic heterocycles. The summed E-state index contributed by atoms with van der Waals surface area (Å²) in [6, 6.07) is 8.15. The van der Waals surface area contributed by atoms with Gasteiger partial charge in [0.2, 0.25) is 5.91 Å². The fraction of sp³-hybridized carbons (Fsp3) is 0.588. The van der Waals surface area contributed by atoms with E-state index in [1.807, 2.05) is 24.3 Å². The van der Waals surface area contributed by atoms with E-state index in [1.165, 1.54) is 18.4 Å². The van der Waals surface area contributed by atoms with E-state index < -0.39 is 0 Å². The van der Waals surface area contributed by atoms with Gasteiger partial charge in [-0.2, -0.15) is 0 Å². The molecular formula is C17H27ClN2O2. The summed E-state index contributed by atoms with van der Waals surface area (Å²) in [4.78, 5) is 12.0. The Bertz CT molecular complexity index is 450. The van der Waals surface area contributed by atoms with Crippen molar-refractivity contribution in [1.82, 2.24) is 5.32 Å². The lowest BCUT2D eigenvalue weighted by Gasteiger charge is -2.27. The largest absolute Gasteiger partial charge is 0.497 e. The van der Waals surface area contributed by atoms with Gasteiger partial charge < -0.3 is 15.8 Å². The van der Waals surface area contributed by atoms with Gasteiger partial charge >= 0.3 is 0 Å². The Morgan fingerprint density at radius 1 is 1.27 bits per heavy atom. The van der Waals surface area contributed by atoms with Gasteiger partial charge in [0.1, 0.15) is 5.75 Å². The maximum Gasteiger partial charge on any atom is 0.220 e. The van der Waals surface area contributed by atoms with Gasteiger partial charge in [0, 0.05) is 19.0 Å². The van der Waals surface area contributed by atoms with Crippen LogP contribution in [0.2, 0.25) is 0 Å². The van der Waals surface area contributed by atoms with Crippen LogP contribution in [0.15, 0.2) is 24.3 Å². The highest BCUT2D eigenvalue weighted by Gasteiger charge is 2.23. The van der Waals surface area contributed by atoms with Crippen LogP contribution in [0.1, 0.15) is 37.7 Å². The smallest absolute Gasteiger partial charge is 0.220 e. The SMILES string of the molecule is COc1ccc(CCNC(=O)CC2CCCCC2N)cc1.Cl. The number of rotatable bonds is 6. The molecule has 0 saturated heterocycles. The number of methoxy groups -OCH3 is 1. The minimum Gasteiger partial charge on any atom is -0.497 e. The van der Waals surface area contributed by atoms with Crippen molar-refractivity contribution in [1.29, 1.82) is 0 Å². The van der Waals surface area contributed by atoms with Crippen LogP contribution < -0.4 is 15.8 Å². The zero-order valence-corrected chi connectivity index (χ0v) is 14.0.